The standard InChI is InChI=1S/C22H24ClF3N4O2/c1-3-19(28-20-14-16(6-7-27-20)22(24,25)26)29-21-15(2)18(5-4-17(21)23)32-13-10-30-8-11-31-12-9-30/h3-7,14H,1,8-13H2,2H3,(H,27,28,29). The molecule has 1 saturated heterocycles. The molecule has 2 heterocycles. The topological polar surface area (TPSA) is 59.0 Å². The number of aliphatic imine (C=N–C) groups is 1. The molecule has 6 nitrogen and oxygen atoms in total. The van der Waals surface area contributed by atoms with Gasteiger partial charge in [-0.3, -0.25) is 4.90 Å². The third-order valence-corrected chi connectivity index (χ3v) is 5.17. The van der Waals surface area contributed by atoms with Gasteiger partial charge in [0.25, 0.3) is 0 Å². The zero-order valence-electron chi connectivity index (χ0n) is 17.6. The van der Waals surface area contributed by atoms with Gasteiger partial charge in [-0.05, 0) is 37.3 Å². The molecule has 0 aliphatic carbocycles. The van der Waals surface area contributed by atoms with Crippen LogP contribution in [-0.4, -0.2) is 55.2 Å². The summed E-state index contributed by atoms with van der Waals surface area (Å²) in [5.41, 5.74) is 0.325. The Balaban J connectivity index is 1.75. The number of nitrogens with zero attached hydrogens (tertiary/aromatic N) is 3. The first-order valence-electron chi connectivity index (χ1n) is 10.0. The van der Waals surface area contributed by atoms with Crippen molar-refractivity contribution >= 4 is 28.9 Å². The predicted molar refractivity (Wildman–Crippen MR) is 119 cm³/mol. The Labute approximate surface area is 189 Å². The second-order valence-electron chi connectivity index (χ2n) is 7.08. The summed E-state index contributed by atoms with van der Waals surface area (Å²) in [6.07, 6.45) is -2.02. The lowest BCUT2D eigenvalue weighted by Gasteiger charge is -2.26. The maximum absolute atomic E-state index is 13.0. The van der Waals surface area contributed by atoms with Crippen LogP contribution >= 0.6 is 11.6 Å². The van der Waals surface area contributed by atoms with Gasteiger partial charge in [-0.25, -0.2) is 9.98 Å². The van der Waals surface area contributed by atoms with E-state index in [1.165, 1.54) is 6.08 Å². The van der Waals surface area contributed by atoms with Crippen molar-refractivity contribution in [2.75, 3.05) is 44.8 Å². The van der Waals surface area contributed by atoms with E-state index >= 15 is 0 Å². The Morgan fingerprint density at radius 2 is 2.09 bits per heavy atom. The van der Waals surface area contributed by atoms with Crippen LogP contribution in [0.1, 0.15) is 11.1 Å². The number of amidine groups is 1. The van der Waals surface area contributed by atoms with E-state index in [2.05, 4.69) is 26.8 Å². The van der Waals surface area contributed by atoms with Crippen LogP contribution in [0.25, 0.3) is 0 Å². The van der Waals surface area contributed by atoms with Crippen LogP contribution in [0.3, 0.4) is 0 Å². The number of pyridine rings is 1. The number of alkyl halides is 3. The van der Waals surface area contributed by atoms with E-state index in [-0.39, 0.29) is 11.7 Å². The van der Waals surface area contributed by atoms with Crippen LogP contribution in [0, 0.1) is 6.92 Å². The average Bonchev–Trinajstić information content (AvgIpc) is 2.77. The van der Waals surface area contributed by atoms with Gasteiger partial charge in [0.05, 0.1) is 29.5 Å². The first-order valence-corrected chi connectivity index (χ1v) is 10.4. The molecule has 172 valence electrons. The number of nitrogens with one attached hydrogen (secondary N) is 1. The van der Waals surface area contributed by atoms with Crippen LogP contribution in [-0.2, 0) is 10.9 Å². The van der Waals surface area contributed by atoms with Crippen LogP contribution in [0.2, 0.25) is 5.02 Å². The molecule has 1 aliphatic rings. The van der Waals surface area contributed by atoms with Gasteiger partial charge in [0, 0.05) is 31.4 Å². The molecular weight excluding hydrogens is 445 g/mol. The molecule has 0 amide bonds. The summed E-state index contributed by atoms with van der Waals surface area (Å²) >= 11 is 6.34. The van der Waals surface area contributed by atoms with Crippen molar-refractivity contribution in [1.82, 2.24) is 9.88 Å². The van der Waals surface area contributed by atoms with Gasteiger partial charge in [0.2, 0.25) is 0 Å². The fourth-order valence-corrected chi connectivity index (χ4v) is 3.35. The number of hydrogen-bond donors (Lipinski definition) is 1. The van der Waals surface area contributed by atoms with Crippen molar-refractivity contribution in [2.24, 2.45) is 4.99 Å². The number of rotatable bonds is 7. The Hall–Kier alpha value is -2.62. The number of anilines is 1. The summed E-state index contributed by atoms with van der Waals surface area (Å²) in [6.45, 7) is 9.93. The molecule has 1 aliphatic heterocycles. The first-order chi connectivity index (χ1) is 15.3. The predicted octanol–water partition coefficient (Wildman–Crippen LogP) is 5.10. The summed E-state index contributed by atoms with van der Waals surface area (Å²) in [5.74, 6) is 0.819. The molecule has 1 N–H and O–H groups in total. The zero-order valence-corrected chi connectivity index (χ0v) is 18.3. The van der Waals surface area contributed by atoms with E-state index in [9.17, 15) is 13.2 Å². The van der Waals surface area contributed by atoms with Gasteiger partial charge in [0.15, 0.2) is 0 Å². The van der Waals surface area contributed by atoms with Gasteiger partial charge >= 0.3 is 6.18 Å². The summed E-state index contributed by atoms with van der Waals surface area (Å²) < 4.78 is 50.1. The maximum Gasteiger partial charge on any atom is 0.416 e. The molecule has 1 aromatic carbocycles. The maximum atomic E-state index is 13.0. The van der Waals surface area contributed by atoms with Gasteiger partial charge in [-0.15, -0.1) is 0 Å². The summed E-state index contributed by atoms with van der Waals surface area (Å²) in [5, 5.41) is 3.13. The highest BCUT2D eigenvalue weighted by Crippen LogP contribution is 2.35. The molecule has 0 unspecified atom stereocenters. The SMILES string of the molecule is C=C/C(=N\c1c(Cl)ccc(OCCN2CCOCC2)c1C)Nc1cc(C(F)(F)F)ccn1. The molecule has 3 rings (SSSR count). The highest BCUT2D eigenvalue weighted by molar-refractivity contribution is 6.33. The lowest BCUT2D eigenvalue weighted by molar-refractivity contribution is -0.137. The third-order valence-electron chi connectivity index (χ3n) is 4.87. The first kappa shape index (κ1) is 24.0. The molecular formula is C22H24ClF3N4O2. The highest BCUT2D eigenvalue weighted by Gasteiger charge is 2.30. The minimum absolute atomic E-state index is 0.00911. The fraction of sp³-hybridized carbons (Fsp3) is 0.364. The molecule has 1 aromatic heterocycles. The van der Waals surface area contributed by atoms with Crippen molar-refractivity contribution < 1.29 is 22.6 Å². The Bertz CT molecular complexity index is 976. The molecule has 2 aromatic rings. The number of ether oxygens (including phenoxy) is 2. The second kappa shape index (κ2) is 10.8. The van der Waals surface area contributed by atoms with E-state index in [1.54, 1.807) is 12.1 Å². The average molecular weight is 469 g/mol. The number of hydrogen-bond acceptors (Lipinski definition) is 5. The molecule has 0 bridgehead atoms. The van der Waals surface area contributed by atoms with E-state index in [4.69, 9.17) is 21.1 Å². The Morgan fingerprint density at radius 3 is 2.78 bits per heavy atom. The van der Waals surface area contributed by atoms with E-state index in [0.717, 1.165) is 51.2 Å². The lowest BCUT2D eigenvalue weighted by Crippen LogP contribution is -2.38. The largest absolute Gasteiger partial charge is 0.492 e. The Morgan fingerprint density at radius 1 is 1.34 bits per heavy atom. The molecule has 0 atom stereocenters. The molecule has 32 heavy (non-hydrogen) atoms. The van der Waals surface area contributed by atoms with Crippen molar-refractivity contribution in [2.45, 2.75) is 13.1 Å². The smallest absolute Gasteiger partial charge is 0.416 e. The molecule has 1 fully saturated rings. The molecule has 0 spiro atoms. The van der Waals surface area contributed by atoms with Crippen molar-refractivity contribution in [3.63, 3.8) is 0 Å². The van der Waals surface area contributed by atoms with E-state index in [0.29, 0.717) is 28.6 Å². The molecule has 10 heteroatoms. The zero-order chi connectivity index (χ0) is 23.1. The highest BCUT2D eigenvalue weighted by atomic mass is 35.5. The van der Waals surface area contributed by atoms with Crippen molar-refractivity contribution in [3.8, 4) is 5.75 Å². The second-order valence-corrected chi connectivity index (χ2v) is 7.48. The van der Waals surface area contributed by atoms with Crippen molar-refractivity contribution in [3.05, 3.63) is 59.3 Å². The van der Waals surface area contributed by atoms with Crippen LogP contribution in [0.5, 0.6) is 5.75 Å². The van der Waals surface area contributed by atoms with Gasteiger partial charge in [-0.2, -0.15) is 13.2 Å². The number of morpholine rings is 1. The summed E-state index contributed by atoms with van der Waals surface area (Å²) in [4.78, 5) is 10.6. The van der Waals surface area contributed by atoms with Crippen LogP contribution < -0.4 is 10.1 Å². The van der Waals surface area contributed by atoms with Crippen molar-refractivity contribution in [1.29, 1.82) is 0 Å². The minimum Gasteiger partial charge on any atom is -0.492 e. The molecule has 0 radical (unpaired) electrons. The van der Waals surface area contributed by atoms with E-state index in [1.807, 2.05) is 6.92 Å². The molecule has 0 saturated carbocycles. The Kier molecular flexibility index (Phi) is 8.11. The number of benzene rings is 1. The fourth-order valence-electron chi connectivity index (χ4n) is 3.10. The van der Waals surface area contributed by atoms with Gasteiger partial charge in [0.1, 0.15) is 24.0 Å². The van der Waals surface area contributed by atoms with Crippen LogP contribution in [0.4, 0.5) is 24.7 Å². The number of halogens is 4. The quantitative estimate of drug-likeness (QED) is 0.452. The van der Waals surface area contributed by atoms with Gasteiger partial charge < -0.3 is 14.8 Å². The van der Waals surface area contributed by atoms with E-state index < -0.39 is 11.7 Å². The third kappa shape index (κ3) is 6.44. The van der Waals surface area contributed by atoms with Crippen LogP contribution in [0.15, 0.2) is 48.1 Å². The minimum atomic E-state index is -4.47. The van der Waals surface area contributed by atoms with Gasteiger partial charge in [-0.1, -0.05) is 18.2 Å². The number of aromatic nitrogens is 1. The summed E-state index contributed by atoms with van der Waals surface area (Å²) in [6, 6.07) is 5.24. The monoisotopic (exact) mass is 468 g/mol. The normalized spacial score (nSPS) is 15.5. The lowest BCUT2D eigenvalue weighted by atomic mass is 10.2. The summed E-state index contributed by atoms with van der Waals surface area (Å²) in [7, 11) is 0.